The van der Waals surface area contributed by atoms with Crippen LogP contribution in [0.1, 0.15) is 17.5 Å². The number of benzene rings is 2. The van der Waals surface area contributed by atoms with Crippen LogP contribution in [0.25, 0.3) is 0 Å². The molecule has 2 aromatic rings. The number of nitrogens with zero attached hydrogens (tertiary/aromatic N) is 2. The van der Waals surface area contributed by atoms with Gasteiger partial charge < -0.3 is 9.47 Å². The molecule has 0 bridgehead atoms. The number of hydrazone groups is 1. The van der Waals surface area contributed by atoms with E-state index < -0.39 is 31.0 Å². The highest BCUT2D eigenvalue weighted by molar-refractivity contribution is 6.05. The van der Waals surface area contributed by atoms with Crippen LogP contribution in [-0.2, 0) is 11.3 Å². The van der Waals surface area contributed by atoms with Crippen LogP contribution in [0.5, 0.6) is 11.5 Å². The van der Waals surface area contributed by atoms with E-state index in [2.05, 4.69) is 9.84 Å². The van der Waals surface area contributed by atoms with Crippen molar-refractivity contribution in [2.24, 2.45) is 11.0 Å². The van der Waals surface area contributed by atoms with Gasteiger partial charge in [0.15, 0.2) is 11.5 Å². The van der Waals surface area contributed by atoms with Gasteiger partial charge >= 0.3 is 12.8 Å². The monoisotopic (exact) mass is 428 g/mol. The molecule has 10 heteroatoms. The van der Waals surface area contributed by atoms with Crippen LogP contribution in [0.2, 0.25) is 0 Å². The third kappa shape index (κ3) is 4.87. The molecule has 0 N–H and O–H groups in total. The van der Waals surface area contributed by atoms with Crippen LogP contribution in [0.3, 0.4) is 0 Å². The molecule has 0 aliphatic carbocycles. The zero-order valence-corrected chi connectivity index (χ0v) is 15.7. The molecule has 0 radical (unpaired) electrons. The van der Waals surface area contributed by atoms with Crippen molar-refractivity contribution in [2.45, 2.75) is 25.8 Å². The van der Waals surface area contributed by atoms with E-state index in [4.69, 9.17) is 4.74 Å². The Morgan fingerprint density at radius 2 is 1.83 bits per heavy atom. The van der Waals surface area contributed by atoms with Crippen LogP contribution < -0.4 is 9.47 Å². The Hall–Kier alpha value is -3.17. The normalized spacial score (nSPS) is 17.2. The number of ether oxygens (including phenoxy) is 2. The van der Waals surface area contributed by atoms with Crippen LogP contribution in [0.4, 0.5) is 22.0 Å². The molecule has 0 saturated carbocycles. The Bertz CT molecular complexity index is 932. The van der Waals surface area contributed by atoms with Crippen molar-refractivity contribution in [3.63, 3.8) is 0 Å². The molecule has 1 heterocycles. The first-order valence-corrected chi connectivity index (χ1v) is 8.81. The molecule has 0 saturated heterocycles. The quantitative estimate of drug-likeness (QED) is 0.632. The molecule has 1 aliphatic heterocycles. The van der Waals surface area contributed by atoms with E-state index >= 15 is 0 Å². The first-order valence-electron chi connectivity index (χ1n) is 8.81. The Morgan fingerprint density at radius 1 is 1.13 bits per heavy atom. The zero-order chi connectivity index (χ0) is 21.9. The molecule has 5 nitrogen and oxygen atoms in total. The summed E-state index contributed by atoms with van der Waals surface area (Å²) in [6, 6.07) is 12.2. The van der Waals surface area contributed by atoms with Gasteiger partial charge in [0.05, 0.1) is 19.4 Å². The van der Waals surface area contributed by atoms with Crippen LogP contribution >= 0.6 is 0 Å². The highest BCUT2D eigenvalue weighted by Crippen LogP contribution is 2.36. The summed E-state index contributed by atoms with van der Waals surface area (Å²) >= 11 is 0. The van der Waals surface area contributed by atoms with Crippen molar-refractivity contribution < 1.29 is 36.2 Å². The lowest BCUT2D eigenvalue weighted by atomic mass is 9.94. The van der Waals surface area contributed by atoms with Crippen LogP contribution in [-0.4, -0.2) is 36.5 Å². The average molecular weight is 428 g/mol. The van der Waals surface area contributed by atoms with Gasteiger partial charge in [-0.15, -0.1) is 0 Å². The number of carbonyl (C=O) groups excluding carboxylic acids is 1. The van der Waals surface area contributed by atoms with Gasteiger partial charge in [-0.05, 0) is 23.8 Å². The number of alkyl halides is 5. The maximum Gasteiger partial charge on any atom is 0.400 e. The van der Waals surface area contributed by atoms with Gasteiger partial charge in [0, 0.05) is 12.0 Å². The molecule has 3 rings (SSSR count). The molecule has 0 fully saturated rings. The summed E-state index contributed by atoms with van der Waals surface area (Å²) in [5.41, 5.74) is 0.790. The third-order valence-electron chi connectivity index (χ3n) is 4.47. The van der Waals surface area contributed by atoms with Gasteiger partial charge in [0.25, 0.3) is 5.91 Å². The van der Waals surface area contributed by atoms with Crippen molar-refractivity contribution in [1.82, 2.24) is 5.01 Å². The second kappa shape index (κ2) is 8.68. The number of hydrogen-bond donors (Lipinski definition) is 0. The summed E-state index contributed by atoms with van der Waals surface area (Å²) in [5, 5.41) is 4.89. The molecule has 0 aromatic heterocycles. The summed E-state index contributed by atoms with van der Waals surface area (Å²) in [7, 11) is 1.21. The lowest BCUT2D eigenvalue weighted by Crippen LogP contribution is -2.45. The average Bonchev–Trinajstić information content (AvgIpc) is 2.69. The summed E-state index contributed by atoms with van der Waals surface area (Å²) in [4.78, 5) is 12.4. The standard InChI is InChI=1S/C20H17F5N2O3/c1-29-17-9-13(7-8-16(17)30-19(21)22)15-10-14(20(23,24)25)18(28)27(26-15)11-12-5-3-2-4-6-12/h2-9,14,19H,10-11H2,1H3. The third-order valence-corrected chi connectivity index (χ3v) is 4.47. The molecule has 2 aromatic carbocycles. The predicted octanol–water partition coefficient (Wildman–Crippen LogP) is 4.61. The Morgan fingerprint density at radius 3 is 2.43 bits per heavy atom. The van der Waals surface area contributed by atoms with Crippen molar-refractivity contribution in [3.05, 3.63) is 59.7 Å². The molecular weight excluding hydrogens is 411 g/mol. The molecule has 0 spiro atoms. The largest absolute Gasteiger partial charge is 0.493 e. The van der Waals surface area contributed by atoms with E-state index in [0.29, 0.717) is 5.56 Å². The van der Waals surface area contributed by atoms with E-state index in [0.717, 1.165) is 11.1 Å². The SMILES string of the molecule is COc1cc(C2=NN(Cc3ccccc3)C(=O)C(C(F)(F)F)C2)ccc1OC(F)F. The van der Waals surface area contributed by atoms with Gasteiger partial charge in [-0.3, -0.25) is 4.79 Å². The maximum absolute atomic E-state index is 13.5. The molecule has 1 atom stereocenters. The van der Waals surface area contributed by atoms with Crippen LogP contribution in [0.15, 0.2) is 53.6 Å². The second-order valence-electron chi connectivity index (χ2n) is 6.47. The fraction of sp³-hybridized carbons (Fsp3) is 0.300. The molecule has 1 unspecified atom stereocenters. The Kier molecular flexibility index (Phi) is 6.23. The first kappa shape index (κ1) is 21.5. The fourth-order valence-corrected chi connectivity index (χ4v) is 3.04. The second-order valence-corrected chi connectivity index (χ2v) is 6.47. The summed E-state index contributed by atoms with van der Waals surface area (Å²) in [6.45, 7) is -3.23. The fourth-order valence-electron chi connectivity index (χ4n) is 3.04. The molecule has 1 aliphatic rings. The summed E-state index contributed by atoms with van der Waals surface area (Å²) in [6.07, 6.45) is -5.44. The lowest BCUT2D eigenvalue weighted by molar-refractivity contribution is -0.189. The maximum atomic E-state index is 13.5. The summed E-state index contributed by atoms with van der Waals surface area (Å²) < 4.78 is 74.9. The Balaban J connectivity index is 1.98. The van der Waals surface area contributed by atoms with E-state index in [1.165, 1.54) is 19.2 Å². The van der Waals surface area contributed by atoms with Gasteiger partial charge in [-0.25, -0.2) is 5.01 Å². The predicted molar refractivity (Wildman–Crippen MR) is 97.3 cm³/mol. The number of amides is 1. The Labute approximate surface area is 168 Å². The van der Waals surface area contributed by atoms with Crippen molar-refractivity contribution >= 4 is 11.6 Å². The van der Waals surface area contributed by atoms with Crippen molar-refractivity contribution in [2.75, 3.05) is 7.11 Å². The zero-order valence-electron chi connectivity index (χ0n) is 15.7. The van der Waals surface area contributed by atoms with Gasteiger partial charge in [-0.1, -0.05) is 30.3 Å². The molecule has 1 amide bonds. The van der Waals surface area contributed by atoms with E-state index in [9.17, 15) is 26.7 Å². The van der Waals surface area contributed by atoms with Gasteiger partial charge in [-0.2, -0.15) is 27.1 Å². The molecule has 160 valence electrons. The van der Waals surface area contributed by atoms with Crippen molar-refractivity contribution in [1.29, 1.82) is 0 Å². The first-order chi connectivity index (χ1) is 14.2. The summed E-state index contributed by atoms with van der Waals surface area (Å²) in [5.74, 6) is -3.78. The minimum absolute atomic E-state index is 0.0187. The highest BCUT2D eigenvalue weighted by Gasteiger charge is 2.49. The number of methoxy groups -OCH3 is 1. The lowest BCUT2D eigenvalue weighted by Gasteiger charge is -2.31. The van der Waals surface area contributed by atoms with Crippen LogP contribution in [0, 0.1) is 5.92 Å². The number of carbonyl (C=O) groups is 1. The van der Waals surface area contributed by atoms with E-state index in [1.807, 2.05) is 0 Å². The number of hydrogen-bond acceptors (Lipinski definition) is 4. The minimum atomic E-state index is -4.77. The smallest absolute Gasteiger partial charge is 0.400 e. The van der Waals surface area contributed by atoms with Crippen molar-refractivity contribution in [3.8, 4) is 11.5 Å². The molecular formula is C20H17F5N2O3. The minimum Gasteiger partial charge on any atom is -0.493 e. The molecule has 30 heavy (non-hydrogen) atoms. The van der Waals surface area contributed by atoms with E-state index in [1.54, 1.807) is 30.3 Å². The van der Waals surface area contributed by atoms with Gasteiger partial charge in [0.2, 0.25) is 0 Å². The number of halogens is 5. The van der Waals surface area contributed by atoms with Gasteiger partial charge in [0.1, 0.15) is 5.92 Å². The number of rotatable bonds is 6. The highest BCUT2D eigenvalue weighted by atomic mass is 19.4. The van der Waals surface area contributed by atoms with E-state index in [-0.39, 0.29) is 29.3 Å². The topological polar surface area (TPSA) is 51.1 Å².